The molecule has 1 aromatic heterocycles. The SMILES string of the molecule is [CH2]Sc1ccc[n+](C2CC2)c1. The van der Waals surface area contributed by atoms with Crippen molar-refractivity contribution < 1.29 is 4.57 Å². The summed E-state index contributed by atoms with van der Waals surface area (Å²) < 4.78 is 2.29. The Labute approximate surface area is 71.4 Å². The average molecular weight is 165 g/mol. The van der Waals surface area contributed by atoms with Crippen LogP contribution in [0.3, 0.4) is 0 Å². The van der Waals surface area contributed by atoms with Crippen molar-refractivity contribution in [1.29, 1.82) is 0 Å². The van der Waals surface area contributed by atoms with Crippen LogP contribution in [0.25, 0.3) is 0 Å². The molecule has 1 aromatic rings. The van der Waals surface area contributed by atoms with Gasteiger partial charge in [-0.3, -0.25) is 0 Å². The van der Waals surface area contributed by atoms with Gasteiger partial charge in [-0.15, -0.1) is 11.8 Å². The lowest BCUT2D eigenvalue weighted by Crippen LogP contribution is -2.30. The summed E-state index contributed by atoms with van der Waals surface area (Å²) in [7, 11) is 0. The fraction of sp³-hybridized carbons (Fsp3) is 0.333. The minimum atomic E-state index is 0.780. The number of pyridine rings is 1. The van der Waals surface area contributed by atoms with E-state index < -0.39 is 0 Å². The van der Waals surface area contributed by atoms with Crippen LogP contribution in [0.5, 0.6) is 0 Å². The van der Waals surface area contributed by atoms with Crippen molar-refractivity contribution in [2.45, 2.75) is 23.8 Å². The van der Waals surface area contributed by atoms with Crippen molar-refractivity contribution in [3.8, 4) is 0 Å². The molecule has 57 valence electrons. The van der Waals surface area contributed by atoms with Crippen LogP contribution in [0.4, 0.5) is 0 Å². The van der Waals surface area contributed by atoms with Gasteiger partial charge in [-0.05, 0) is 6.07 Å². The van der Waals surface area contributed by atoms with Gasteiger partial charge in [0, 0.05) is 25.2 Å². The van der Waals surface area contributed by atoms with Crippen molar-refractivity contribution >= 4 is 11.8 Å². The third-order valence-electron chi connectivity index (χ3n) is 1.93. The van der Waals surface area contributed by atoms with Gasteiger partial charge in [0.25, 0.3) is 0 Å². The zero-order chi connectivity index (χ0) is 7.68. The van der Waals surface area contributed by atoms with Crippen LogP contribution in [0.1, 0.15) is 18.9 Å². The summed E-state index contributed by atoms with van der Waals surface area (Å²) in [6.07, 6.45) is 10.8. The van der Waals surface area contributed by atoms with Gasteiger partial charge in [-0.1, -0.05) is 0 Å². The van der Waals surface area contributed by atoms with E-state index in [2.05, 4.69) is 35.3 Å². The number of nitrogens with zero attached hydrogens (tertiary/aromatic N) is 1. The number of hydrogen-bond acceptors (Lipinski definition) is 1. The highest BCUT2D eigenvalue weighted by molar-refractivity contribution is 8.00. The maximum absolute atomic E-state index is 3.78. The third-order valence-corrected chi connectivity index (χ3v) is 2.51. The fourth-order valence-corrected chi connectivity index (χ4v) is 1.53. The van der Waals surface area contributed by atoms with E-state index >= 15 is 0 Å². The molecule has 0 N–H and O–H groups in total. The van der Waals surface area contributed by atoms with Gasteiger partial charge in [0.2, 0.25) is 0 Å². The Bertz CT molecular complexity index is 255. The fourth-order valence-electron chi connectivity index (χ4n) is 1.16. The maximum atomic E-state index is 3.78. The third kappa shape index (κ3) is 1.56. The van der Waals surface area contributed by atoms with Crippen molar-refractivity contribution in [1.82, 2.24) is 0 Å². The monoisotopic (exact) mass is 165 g/mol. The zero-order valence-corrected chi connectivity index (χ0v) is 7.18. The molecule has 0 unspecified atom stereocenters. The normalized spacial score (nSPS) is 16.8. The molecule has 2 heteroatoms. The number of hydrogen-bond donors (Lipinski definition) is 0. The minimum absolute atomic E-state index is 0.780. The van der Waals surface area contributed by atoms with E-state index in [1.165, 1.54) is 17.7 Å². The van der Waals surface area contributed by atoms with Gasteiger partial charge in [-0.2, -0.15) is 0 Å². The first-order valence-corrected chi connectivity index (χ1v) is 4.81. The number of aromatic nitrogens is 1. The van der Waals surface area contributed by atoms with Crippen LogP contribution in [-0.2, 0) is 0 Å². The second-order valence-electron chi connectivity index (χ2n) is 2.86. The van der Waals surface area contributed by atoms with Crippen LogP contribution >= 0.6 is 11.8 Å². The molecular weight excluding hydrogens is 154 g/mol. The van der Waals surface area contributed by atoms with E-state index in [9.17, 15) is 0 Å². The largest absolute Gasteiger partial charge is 0.201 e. The zero-order valence-electron chi connectivity index (χ0n) is 6.36. The van der Waals surface area contributed by atoms with Gasteiger partial charge >= 0.3 is 0 Å². The predicted octanol–water partition coefficient (Wildman–Crippen LogP) is 2.19. The molecule has 1 aliphatic rings. The molecule has 1 heterocycles. The highest BCUT2D eigenvalue weighted by Gasteiger charge is 2.31. The first kappa shape index (κ1) is 7.17. The molecule has 1 nitrogen and oxygen atoms in total. The van der Waals surface area contributed by atoms with Crippen LogP contribution in [-0.4, -0.2) is 0 Å². The standard InChI is InChI=1S/C9H11NS/c1-11-9-3-2-6-10(7-9)8-4-5-8/h2-3,6-8H,1,4-5H2/q+1. The summed E-state index contributed by atoms with van der Waals surface area (Å²) in [6.45, 7) is 0. The van der Waals surface area contributed by atoms with E-state index in [0.29, 0.717) is 0 Å². The van der Waals surface area contributed by atoms with Crippen LogP contribution < -0.4 is 4.57 Å². The van der Waals surface area contributed by atoms with Gasteiger partial charge in [0.1, 0.15) is 0 Å². The molecule has 0 saturated heterocycles. The van der Waals surface area contributed by atoms with E-state index in [-0.39, 0.29) is 0 Å². The molecule has 2 rings (SSSR count). The first-order valence-electron chi connectivity index (χ1n) is 3.83. The Kier molecular flexibility index (Phi) is 1.86. The van der Waals surface area contributed by atoms with Gasteiger partial charge in [0.15, 0.2) is 18.4 Å². The van der Waals surface area contributed by atoms with E-state index in [0.717, 1.165) is 6.04 Å². The first-order chi connectivity index (χ1) is 5.40. The van der Waals surface area contributed by atoms with Crippen molar-refractivity contribution in [2.24, 2.45) is 0 Å². The molecule has 11 heavy (non-hydrogen) atoms. The van der Waals surface area contributed by atoms with Crippen LogP contribution in [0.2, 0.25) is 0 Å². The Morgan fingerprint density at radius 3 is 3.00 bits per heavy atom. The molecule has 1 radical (unpaired) electrons. The molecule has 0 aliphatic heterocycles. The summed E-state index contributed by atoms with van der Waals surface area (Å²) >= 11 is 1.56. The second kappa shape index (κ2) is 2.86. The van der Waals surface area contributed by atoms with Crippen molar-refractivity contribution in [3.63, 3.8) is 0 Å². The molecule has 0 spiro atoms. The molecule has 0 bridgehead atoms. The lowest BCUT2D eigenvalue weighted by molar-refractivity contribution is -0.702. The molecule has 0 amide bonds. The highest BCUT2D eigenvalue weighted by Crippen LogP contribution is 2.29. The molecule has 1 aliphatic carbocycles. The van der Waals surface area contributed by atoms with Crippen molar-refractivity contribution in [2.75, 3.05) is 0 Å². The summed E-state index contributed by atoms with van der Waals surface area (Å²) in [5, 5.41) is 0. The van der Waals surface area contributed by atoms with E-state index in [1.54, 1.807) is 11.8 Å². The molecule has 1 saturated carbocycles. The summed E-state index contributed by atoms with van der Waals surface area (Å²) in [5.41, 5.74) is 0. The topological polar surface area (TPSA) is 3.88 Å². The van der Waals surface area contributed by atoms with Gasteiger partial charge < -0.3 is 0 Å². The van der Waals surface area contributed by atoms with Crippen LogP contribution in [0, 0.1) is 6.26 Å². The van der Waals surface area contributed by atoms with E-state index in [4.69, 9.17) is 0 Å². The maximum Gasteiger partial charge on any atom is 0.182 e. The predicted molar refractivity (Wildman–Crippen MR) is 46.1 cm³/mol. The van der Waals surface area contributed by atoms with E-state index in [1.807, 2.05) is 0 Å². The Morgan fingerprint density at radius 2 is 2.36 bits per heavy atom. The molecule has 0 atom stereocenters. The Morgan fingerprint density at radius 1 is 1.55 bits per heavy atom. The molecule has 1 fully saturated rings. The second-order valence-corrected chi connectivity index (χ2v) is 3.62. The molecular formula is C9H11NS+. The minimum Gasteiger partial charge on any atom is -0.201 e. The van der Waals surface area contributed by atoms with Crippen LogP contribution in [0.15, 0.2) is 29.4 Å². The Hall–Kier alpha value is -0.500. The smallest absolute Gasteiger partial charge is 0.182 e. The summed E-state index contributed by atoms with van der Waals surface area (Å²) in [5.74, 6) is 0. The van der Waals surface area contributed by atoms with Gasteiger partial charge in [0.05, 0.1) is 4.90 Å². The highest BCUT2D eigenvalue weighted by atomic mass is 32.2. The quantitative estimate of drug-likeness (QED) is 0.480. The average Bonchev–Trinajstić information content (AvgIpc) is 2.87. The molecule has 0 aromatic carbocycles. The number of thioether (sulfide) groups is 1. The number of rotatable bonds is 2. The Balaban J connectivity index is 2.26. The summed E-state index contributed by atoms with van der Waals surface area (Å²) in [4.78, 5) is 1.25. The lowest BCUT2D eigenvalue weighted by atomic mass is 10.5. The lowest BCUT2D eigenvalue weighted by Gasteiger charge is -1.94. The summed E-state index contributed by atoms with van der Waals surface area (Å²) in [6, 6.07) is 4.96. The van der Waals surface area contributed by atoms with Gasteiger partial charge in [-0.25, -0.2) is 4.57 Å². The van der Waals surface area contributed by atoms with Crippen molar-refractivity contribution in [3.05, 3.63) is 30.8 Å².